The summed E-state index contributed by atoms with van der Waals surface area (Å²) in [6.07, 6.45) is 0.545. The first-order valence-electron chi connectivity index (χ1n) is 3.18. The van der Waals surface area contributed by atoms with Crippen molar-refractivity contribution >= 4 is 35.3 Å². The molecule has 1 rings (SSSR count). The van der Waals surface area contributed by atoms with E-state index in [2.05, 4.69) is 10.3 Å². The Morgan fingerprint density at radius 2 is 2.25 bits per heavy atom. The summed E-state index contributed by atoms with van der Waals surface area (Å²) in [7, 11) is 0. The molecule has 3 nitrogen and oxygen atoms in total. The summed E-state index contributed by atoms with van der Waals surface area (Å²) < 4.78 is 0. The number of amides is 1. The van der Waals surface area contributed by atoms with Gasteiger partial charge in [-0.2, -0.15) is 0 Å². The van der Waals surface area contributed by atoms with Gasteiger partial charge < -0.3 is 5.32 Å². The highest BCUT2D eigenvalue weighted by Gasteiger charge is 2.05. The molecular formula is C7H6Cl2N2O. The first kappa shape index (κ1) is 9.29. The van der Waals surface area contributed by atoms with E-state index >= 15 is 0 Å². The van der Waals surface area contributed by atoms with Gasteiger partial charge in [0.05, 0.1) is 5.69 Å². The number of carbonyl (C=O) groups excluding carboxylic acids is 1. The maximum Gasteiger partial charge on any atom is 0.211 e. The lowest BCUT2D eigenvalue weighted by molar-refractivity contribution is -0.105. The molecule has 0 spiro atoms. The minimum absolute atomic E-state index is 0.201. The lowest BCUT2D eigenvalue weighted by atomic mass is 10.2. The van der Waals surface area contributed by atoms with Crippen molar-refractivity contribution in [3.05, 3.63) is 21.9 Å². The van der Waals surface area contributed by atoms with Crippen LogP contribution in [-0.4, -0.2) is 11.4 Å². The van der Waals surface area contributed by atoms with E-state index in [1.807, 2.05) is 0 Å². The van der Waals surface area contributed by atoms with Crippen LogP contribution in [0.25, 0.3) is 0 Å². The predicted octanol–water partition coefficient (Wildman–Crippen LogP) is 2.27. The zero-order valence-electron chi connectivity index (χ0n) is 6.27. The van der Waals surface area contributed by atoms with Gasteiger partial charge >= 0.3 is 0 Å². The Morgan fingerprint density at radius 3 is 2.75 bits per heavy atom. The Hall–Kier alpha value is -0.800. The standard InChI is InChI=1S/C7H6Cl2N2O/c1-4-2-5(8)11-7(9)6(4)10-3-12/h2-3H,1H3,(H,10,12). The molecule has 1 N–H and O–H groups in total. The molecule has 0 saturated carbocycles. The first-order valence-corrected chi connectivity index (χ1v) is 3.93. The number of hydrogen-bond donors (Lipinski definition) is 1. The van der Waals surface area contributed by atoms with Gasteiger partial charge in [-0.15, -0.1) is 0 Å². The number of nitrogens with zero attached hydrogens (tertiary/aromatic N) is 1. The van der Waals surface area contributed by atoms with Gasteiger partial charge in [0.2, 0.25) is 6.41 Å². The third-order valence-electron chi connectivity index (χ3n) is 1.34. The van der Waals surface area contributed by atoms with Crippen molar-refractivity contribution < 1.29 is 4.79 Å². The Labute approximate surface area is 79.7 Å². The van der Waals surface area contributed by atoms with Gasteiger partial charge in [-0.3, -0.25) is 4.79 Å². The van der Waals surface area contributed by atoms with E-state index in [4.69, 9.17) is 23.2 Å². The van der Waals surface area contributed by atoms with Crippen LogP contribution in [0.3, 0.4) is 0 Å². The third-order valence-corrected chi connectivity index (χ3v) is 1.81. The summed E-state index contributed by atoms with van der Waals surface area (Å²) in [5.41, 5.74) is 1.28. The van der Waals surface area contributed by atoms with Crippen molar-refractivity contribution in [1.29, 1.82) is 0 Å². The highest BCUT2D eigenvalue weighted by Crippen LogP contribution is 2.25. The minimum atomic E-state index is 0.201. The van der Waals surface area contributed by atoms with Crippen molar-refractivity contribution in [3.63, 3.8) is 0 Å². The van der Waals surface area contributed by atoms with E-state index in [1.54, 1.807) is 13.0 Å². The van der Waals surface area contributed by atoms with Crippen LogP contribution in [0.4, 0.5) is 5.69 Å². The molecule has 1 amide bonds. The number of aromatic nitrogens is 1. The minimum Gasteiger partial charge on any atom is -0.326 e. The van der Waals surface area contributed by atoms with Crippen LogP contribution in [0.5, 0.6) is 0 Å². The monoisotopic (exact) mass is 204 g/mol. The number of halogens is 2. The van der Waals surface area contributed by atoms with E-state index < -0.39 is 0 Å². The second-order valence-corrected chi connectivity index (χ2v) is 2.94. The number of aryl methyl sites for hydroxylation is 1. The van der Waals surface area contributed by atoms with E-state index in [0.717, 1.165) is 5.56 Å². The van der Waals surface area contributed by atoms with Crippen LogP contribution in [0.15, 0.2) is 6.07 Å². The van der Waals surface area contributed by atoms with Crippen LogP contribution < -0.4 is 5.32 Å². The molecule has 0 fully saturated rings. The van der Waals surface area contributed by atoms with Crippen LogP contribution in [0.1, 0.15) is 5.56 Å². The smallest absolute Gasteiger partial charge is 0.211 e. The zero-order valence-corrected chi connectivity index (χ0v) is 7.78. The number of anilines is 1. The maximum atomic E-state index is 10.1. The molecule has 0 aromatic carbocycles. The summed E-state index contributed by atoms with van der Waals surface area (Å²) >= 11 is 11.3. The second kappa shape index (κ2) is 3.74. The Morgan fingerprint density at radius 1 is 1.58 bits per heavy atom. The van der Waals surface area contributed by atoms with E-state index in [-0.39, 0.29) is 5.15 Å². The van der Waals surface area contributed by atoms with E-state index in [0.29, 0.717) is 17.3 Å². The largest absolute Gasteiger partial charge is 0.326 e. The number of rotatable bonds is 2. The fourth-order valence-electron chi connectivity index (χ4n) is 0.828. The highest BCUT2D eigenvalue weighted by atomic mass is 35.5. The van der Waals surface area contributed by atoms with Gasteiger partial charge in [-0.05, 0) is 18.6 Å². The predicted molar refractivity (Wildman–Crippen MR) is 48.7 cm³/mol. The summed E-state index contributed by atoms with van der Waals surface area (Å²) in [6.45, 7) is 1.78. The van der Waals surface area contributed by atoms with Crippen LogP contribution in [-0.2, 0) is 4.79 Å². The Kier molecular flexibility index (Phi) is 2.89. The summed E-state index contributed by atoms with van der Waals surface area (Å²) in [5, 5.41) is 2.95. The van der Waals surface area contributed by atoms with Gasteiger partial charge in [0.25, 0.3) is 0 Å². The van der Waals surface area contributed by atoms with Crippen LogP contribution in [0.2, 0.25) is 10.3 Å². The third kappa shape index (κ3) is 1.87. The Balaban J connectivity index is 3.18. The highest BCUT2D eigenvalue weighted by molar-refractivity contribution is 6.34. The topological polar surface area (TPSA) is 42.0 Å². The fraction of sp³-hybridized carbons (Fsp3) is 0.143. The molecule has 1 aromatic heterocycles. The molecule has 0 radical (unpaired) electrons. The molecule has 0 saturated heterocycles. The molecule has 0 unspecified atom stereocenters. The molecule has 0 aliphatic heterocycles. The van der Waals surface area contributed by atoms with Crippen molar-refractivity contribution in [2.45, 2.75) is 6.92 Å². The summed E-state index contributed by atoms with van der Waals surface area (Å²) in [4.78, 5) is 13.9. The normalized spacial score (nSPS) is 9.58. The number of nitrogens with one attached hydrogen (secondary N) is 1. The van der Waals surface area contributed by atoms with Crippen molar-refractivity contribution in [2.24, 2.45) is 0 Å². The van der Waals surface area contributed by atoms with Gasteiger partial charge in [-0.25, -0.2) is 4.98 Å². The van der Waals surface area contributed by atoms with E-state index in [9.17, 15) is 4.79 Å². The fourth-order valence-corrected chi connectivity index (χ4v) is 1.41. The molecular weight excluding hydrogens is 199 g/mol. The summed E-state index contributed by atoms with van der Waals surface area (Å²) in [6, 6.07) is 1.62. The molecule has 0 aliphatic rings. The molecule has 0 bridgehead atoms. The van der Waals surface area contributed by atoms with Gasteiger partial charge in [0, 0.05) is 0 Å². The lowest BCUT2D eigenvalue weighted by Gasteiger charge is -2.05. The lowest BCUT2D eigenvalue weighted by Crippen LogP contribution is -1.98. The average molecular weight is 205 g/mol. The van der Waals surface area contributed by atoms with Crippen LogP contribution in [0, 0.1) is 6.92 Å². The van der Waals surface area contributed by atoms with Crippen molar-refractivity contribution in [3.8, 4) is 0 Å². The van der Waals surface area contributed by atoms with Crippen molar-refractivity contribution in [1.82, 2.24) is 4.98 Å². The summed E-state index contributed by atoms with van der Waals surface area (Å²) in [5.74, 6) is 0. The Bertz CT molecular complexity index is 291. The molecule has 1 heterocycles. The second-order valence-electron chi connectivity index (χ2n) is 2.19. The van der Waals surface area contributed by atoms with Gasteiger partial charge in [-0.1, -0.05) is 23.2 Å². The molecule has 0 aliphatic carbocycles. The maximum absolute atomic E-state index is 10.1. The quantitative estimate of drug-likeness (QED) is 0.594. The molecule has 1 aromatic rings. The van der Waals surface area contributed by atoms with Crippen LogP contribution >= 0.6 is 23.2 Å². The molecule has 12 heavy (non-hydrogen) atoms. The zero-order chi connectivity index (χ0) is 9.14. The average Bonchev–Trinajstić information content (AvgIpc) is 1.96. The molecule has 64 valence electrons. The number of carbonyl (C=O) groups is 1. The SMILES string of the molecule is Cc1cc(Cl)nc(Cl)c1NC=O. The first-order chi connectivity index (χ1) is 5.65. The molecule has 5 heteroatoms. The van der Waals surface area contributed by atoms with Crippen molar-refractivity contribution in [2.75, 3.05) is 5.32 Å². The number of pyridine rings is 1. The number of hydrogen-bond acceptors (Lipinski definition) is 2. The van der Waals surface area contributed by atoms with Gasteiger partial charge in [0.15, 0.2) is 5.15 Å². The van der Waals surface area contributed by atoms with E-state index in [1.165, 1.54) is 0 Å². The molecule has 0 atom stereocenters. The van der Waals surface area contributed by atoms with Gasteiger partial charge in [0.1, 0.15) is 5.15 Å².